The molecule has 1 aliphatic rings. The van der Waals surface area contributed by atoms with Gasteiger partial charge in [0.2, 0.25) is 5.91 Å². The van der Waals surface area contributed by atoms with Crippen molar-refractivity contribution in [3.05, 3.63) is 70.0 Å². The topological polar surface area (TPSA) is 59.8 Å². The standard InChI is InChI=1S/C24H26Cl2N4OS/c1-16(27-23(31)18-10-6-3-7-11-18)22-28-29-24(32-15-17-8-4-2-5-9-17)30(22)21-13-12-19(25)14-20(21)26/h2,4-5,8-9,12-14,16,18H,3,6-7,10-11,15H2,1H3,(H,27,31). The van der Waals surface area contributed by atoms with Crippen LogP contribution in [0.4, 0.5) is 0 Å². The number of benzene rings is 2. The van der Waals surface area contributed by atoms with Crippen LogP contribution in [0.2, 0.25) is 10.0 Å². The summed E-state index contributed by atoms with van der Waals surface area (Å²) in [6.45, 7) is 1.94. The molecular formula is C24H26Cl2N4OS. The molecule has 1 N–H and O–H groups in total. The molecule has 3 aromatic rings. The van der Waals surface area contributed by atoms with Crippen LogP contribution in [-0.2, 0) is 10.5 Å². The van der Waals surface area contributed by atoms with E-state index in [4.69, 9.17) is 23.2 Å². The Morgan fingerprint density at radius 2 is 1.88 bits per heavy atom. The van der Waals surface area contributed by atoms with Gasteiger partial charge in [0.1, 0.15) is 0 Å². The average Bonchev–Trinajstić information content (AvgIpc) is 3.23. The summed E-state index contributed by atoms with van der Waals surface area (Å²) in [5, 5.41) is 13.8. The number of halogens is 2. The summed E-state index contributed by atoms with van der Waals surface area (Å²) in [6, 6.07) is 15.3. The second kappa shape index (κ2) is 10.7. The van der Waals surface area contributed by atoms with Crippen molar-refractivity contribution in [1.29, 1.82) is 0 Å². The molecule has 32 heavy (non-hydrogen) atoms. The van der Waals surface area contributed by atoms with Crippen molar-refractivity contribution in [3.63, 3.8) is 0 Å². The van der Waals surface area contributed by atoms with E-state index >= 15 is 0 Å². The number of nitrogens with one attached hydrogen (secondary N) is 1. The van der Waals surface area contributed by atoms with Crippen molar-refractivity contribution < 1.29 is 4.79 Å². The van der Waals surface area contributed by atoms with Gasteiger partial charge in [-0.3, -0.25) is 9.36 Å². The number of carbonyl (C=O) groups excluding carboxylic acids is 1. The normalized spacial score (nSPS) is 15.5. The molecular weight excluding hydrogens is 463 g/mol. The van der Waals surface area contributed by atoms with E-state index < -0.39 is 0 Å². The molecule has 0 radical (unpaired) electrons. The molecule has 0 aliphatic heterocycles. The van der Waals surface area contributed by atoms with E-state index in [9.17, 15) is 4.79 Å². The Bertz CT molecular complexity index is 1070. The van der Waals surface area contributed by atoms with E-state index in [0.717, 1.165) is 37.1 Å². The maximum absolute atomic E-state index is 12.8. The minimum absolute atomic E-state index is 0.0774. The zero-order chi connectivity index (χ0) is 22.5. The highest BCUT2D eigenvalue weighted by Crippen LogP contribution is 2.32. The quantitative estimate of drug-likeness (QED) is 0.379. The summed E-state index contributed by atoms with van der Waals surface area (Å²) in [7, 11) is 0. The summed E-state index contributed by atoms with van der Waals surface area (Å²) < 4.78 is 1.93. The Morgan fingerprint density at radius 1 is 1.12 bits per heavy atom. The summed E-state index contributed by atoms with van der Waals surface area (Å²) >= 11 is 14.3. The maximum Gasteiger partial charge on any atom is 0.223 e. The van der Waals surface area contributed by atoms with Crippen LogP contribution in [0.5, 0.6) is 0 Å². The van der Waals surface area contributed by atoms with Crippen molar-refractivity contribution >= 4 is 40.9 Å². The molecule has 1 unspecified atom stereocenters. The molecule has 168 valence electrons. The van der Waals surface area contributed by atoms with Crippen molar-refractivity contribution in [2.45, 2.75) is 56.0 Å². The molecule has 0 bridgehead atoms. The van der Waals surface area contributed by atoms with Crippen molar-refractivity contribution in [2.24, 2.45) is 5.92 Å². The molecule has 1 aromatic heterocycles. The lowest BCUT2D eigenvalue weighted by atomic mass is 9.88. The van der Waals surface area contributed by atoms with Gasteiger partial charge >= 0.3 is 0 Å². The van der Waals surface area contributed by atoms with Gasteiger partial charge < -0.3 is 5.32 Å². The first kappa shape index (κ1) is 23.1. The Kier molecular flexibility index (Phi) is 7.76. The lowest BCUT2D eigenvalue weighted by molar-refractivity contribution is -0.126. The van der Waals surface area contributed by atoms with Crippen LogP contribution in [0.15, 0.2) is 53.7 Å². The number of amides is 1. The van der Waals surface area contributed by atoms with Gasteiger partial charge in [-0.15, -0.1) is 10.2 Å². The summed E-state index contributed by atoms with van der Waals surface area (Å²) in [5.41, 5.74) is 1.93. The highest BCUT2D eigenvalue weighted by molar-refractivity contribution is 7.98. The summed E-state index contributed by atoms with van der Waals surface area (Å²) in [5.74, 6) is 1.56. The van der Waals surface area contributed by atoms with E-state index in [2.05, 4.69) is 27.6 Å². The monoisotopic (exact) mass is 488 g/mol. The SMILES string of the molecule is CC(NC(=O)C1CCCCC1)c1nnc(SCc2ccccc2)n1-c1ccc(Cl)cc1Cl. The highest BCUT2D eigenvalue weighted by Gasteiger charge is 2.26. The Hall–Kier alpha value is -2.02. The van der Waals surface area contributed by atoms with Gasteiger partial charge in [0.15, 0.2) is 11.0 Å². The number of nitrogens with zero attached hydrogens (tertiary/aromatic N) is 3. The minimum atomic E-state index is -0.310. The smallest absolute Gasteiger partial charge is 0.223 e. The third-order valence-corrected chi connectivity index (χ3v) is 7.28. The fourth-order valence-corrected chi connectivity index (χ4v) is 5.43. The summed E-state index contributed by atoms with van der Waals surface area (Å²) in [4.78, 5) is 12.8. The van der Waals surface area contributed by atoms with Crippen LogP contribution < -0.4 is 5.32 Å². The first-order valence-electron chi connectivity index (χ1n) is 10.9. The van der Waals surface area contributed by atoms with Crippen LogP contribution in [0.25, 0.3) is 5.69 Å². The van der Waals surface area contributed by atoms with Gasteiger partial charge in [0.25, 0.3) is 0 Å². The predicted molar refractivity (Wildman–Crippen MR) is 131 cm³/mol. The lowest BCUT2D eigenvalue weighted by Gasteiger charge is -2.23. The number of hydrogen-bond acceptors (Lipinski definition) is 4. The molecule has 8 heteroatoms. The predicted octanol–water partition coefficient (Wildman–Crippen LogP) is 6.62. The van der Waals surface area contributed by atoms with Gasteiger partial charge in [-0.05, 0) is 43.5 Å². The fraction of sp³-hybridized carbons (Fsp3) is 0.375. The second-order valence-corrected chi connectivity index (χ2v) is 9.90. The molecule has 1 amide bonds. The Balaban J connectivity index is 1.62. The third-order valence-electron chi connectivity index (χ3n) is 5.74. The Labute approximate surface area is 202 Å². The van der Waals surface area contributed by atoms with E-state index in [1.165, 1.54) is 12.0 Å². The van der Waals surface area contributed by atoms with E-state index in [-0.39, 0.29) is 17.9 Å². The molecule has 4 rings (SSSR count). The maximum atomic E-state index is 12.8. The molecule has 1 aliphatic carbocycles. The molecule has 1 heterocycles. The number of carbonyl (C=O) groups is 1. The highest BCUT2D eigenvalue weighted by atomic mass is 35.5. The molecule has 2 aromatic carbocycles. The summed E-state index contributed by atoms with van der Waals surface area (Å²) in [6.07, 6.45) is 5.34. The van der Waals surface area contributed by atoms with Crippen molar-refractivity contribution in [2.75, 3.05) is 0 Å². The molecule has 5 nitrogen and oxygen atoms in total. The number of rotatable bonds is 7. The van der Waals surface area contributed by atoms with E-state index in [0.29, 0.717) is 21.0 Å². The Morgan fingerprint density at radius 3 is 2.59 bits per heavy atom. The van der Waals surface area contributed by atoms with Gasteiger partial charge in [0, 0.05) is 16.7 Å². The van der Waals surface area contributed by atoms with Crippen LogP contribution in [0.3, 0.4) is 0 Å². The zero-order valence-corrected chi connectivity index (χ0v) is 20.3. The average molecular weight is 489 g/mol. The second-order valence-electron chi connectivity index (χ2n) is 8.11. The van der Waals surface area contributed by atoms with E-state index in [1.54, 1.807) is 23.9 Å². The number of aromatic nitrogens is 3. The molecule has 1 saturated carbocycles. The first-order valence-corrected chi connectivity index (χ1v) is 12.6. The molecule has 1 fully saturated rings. The molecule has 0 spiro atoms. The van der Waals surface area contributed by atoms with Crippen LogP contribution >= 0.6 is 35.0 Å². The fourth-order valence-electron chi connectivity index (χ4n) is 4.03. The van der Waals surface area contributed by atoms with Crippen molar-refractivity contribution in [3.8, 4) is 5.69 Å². The van der Waals surface area contributed by atoms with Gasteiger partial charge in [-0.1, -0.05) is 84.6 Å². The number of hydrogen-bond donors (Lipinski definition) is 1. The minimum Gasteiger partial charge on any atom is -0.346 e. The molecule has 1 atom stereocenters. The first-order chi connectivity index (χ1) is 15.5. The van der Waals surface area contributed by atoms with E-state index in [1.807, 2.05) is 35.8 Å². The van der Waals surface area contributed by atoms with Crippen LogP contribution in [0, 0.1) is 5.92 Å². The van der Waals surface area contributed by atoms with Gasteiger partial charge in [0.05, 0.1) is 16.8 Å². The van der Waals surface area contributed by atoms with Crippen LogP contribution in [0.1, 0.15) is 56.5 Å². The molecule has 0 saturated heterocycles. The zero-order valence-electron chi connectivity index (χ0n) is 17.9. The van der Waals surface area contributed by atoms with Gasteiger partial charge in [-0.2, -0.15) is 0 Å². The lowest BCUT2D eigenvalue weighted by Crippen LogP contribution is -2.34. The third kappa shape index (κ3) is 5.48. The largest absolute Gasteiger partial charge is 0.346 e. The van der Waals surface area contributed by atoms with Gasteiger partial charge in [-0.25, -0.2) is 0 Å². The van der Waals surface area contributed by atoms with Crippen LogP contribution in [-0.4, -0.2) is 20.7 Å². The number of thioether (sulfide) groups is 1. The van der Waals surface area contributed by atoms with Crippen molar-refractivity contribution in [1.82, 2.24) is 20.1 Å².